The van der Waals surface area contributed by atoms with Gasteiger partial charge in [0.25, 0.3) is 5.91 Å². The second kappa shape index (κ2) is 8.98. The van der Waals surface area contributed by atoms with Crippen LogP contribution in [-0.2, 0) is 4.79 Å². The Kier molecular flexibility index (Phi) is 7.65. The highest BCUT2D eigenvalue weighted by Gasteiger charge is 2.22. The van der Waals surface area contributed by atoms with Gasteiger partial charge in [-0.05, 0) is 44.0 Å². The standard InChI is InChI=1S/C15H20ClN3O2.ClH/c16-11-5-6-13(18-14(20)4-3-7-17)12(10-11)15(21)19-8-1-2-9-19;/h5-6,10H,1-4,7-9,17H2,(H,18,20);1H. The van der Waals surface area contributed by atoms with Gasteiger partial charge >= 0.3 is 0 Å². The number of rotatable bonds is 5. The molecular formula is C15H21Cl2N3O2. The van der Waals surface area contributed by atoms with E-state index in [0.717, 1.165) is 25.9 Å². The van der Waals surface area contributed by atoms with Gasteiger partial charge in [0.15, 0.2) is 0 Å². The Bertz CT molecular complexity index is 532. The summed E-state index contributed by atoms with van der Waals surface area (Å²) in [6, 6.07) is 4.95. The summed E-state index contributed by atoms with van der Waals surface area (Å²) in [5.74, 6) is -0.220. The molecule has 2 amide bonds. The molecule has 2 rings (SSSR count). The molecule has 1 aromatic rings. The SMILES string of the molecule is Cl.NCCCC(=O)Nc1ccc(Cl)cc1C(=O)N1CCCC1. The highest BCUT2D eigenvalue weighted by molar-refractivity contribution is 6.31. The molecule has 5 nitrogen and oxygen atoms in total. The lowest BCUT2D eigenvalue weighted by atomic mass is 10.1. The van der Waals surface area contributed by atoms with Crippen LogP contribution in [0.15, 0.2) is 18.2 Å². The van der Waals surface area contributed by atoms with E-state index in [1.807, 2.05) is 0 Å². The highest BCUT2D eigenvalue weighted by atomic mass is 35.5. The molecule has 0 spiro atoms. The van der Waals surface area contributed by atoms with E-state index < -0.39 is 0 Å². The number of anilines is 1. The van der Waals surface area contributed by atoms with Gasteiger partial charge < -0.3 is 16.0 Å². The Morgan fingerprint density at radius 1 is 1.27 bits per heavy atom. The Hall–Kier alpha value is -1.30. The van der Waals surface area contributed by atoms with Crippen molar-refractivity contribution in [2.75, 3.05) is 25.0 Å². The van der Waals surface area contributed by atoms with E-state index in [9.17, 15) is 9.59 Å². The number of hydrogen-bond acceptors (Lipinski definition) is 3. The van der Waals surface area contributed by atoms with Crippen LogP contribution in [0.5, 0.6) is 0 Å². The maximum absolute atomic E-state index is 12.5. The van der Waals surface area contributed by atoms with Crippen molar-refractivity contribution >= 4 is 41.5 Å². The second-order valence-electron chi connectivity index (χ2n) is 5.13. The van der Waals surface area contributed by atoms with Crippen molar-refractivity contribution < 1.29 is 9.59 Å². The number of carbonyl (C=O) groups excluding carboxylic acids is 2. The van der Waals surface area contributed by atoms with Gasteiger partial charge in [-0.2, -0.15) is 0 Å². The molecule has 1 saturated heterocycles. The molecule has 1 aromatic carbocycles. The smallest absolute Gasteiger partial charge is 0.256 e. The van der Waals surface area contributed by atoms with Crippen molar-refractivity contribution in [3.63, 3.8) is 0 Å². The summed E-state index contributed by atoms with van der Waals surface area (Å²) in [5, 5.41) is 3.26. The van der Waals surface area contributed by atoms with Gasteiger partial charge in [0.1, 0.15) is 0 Å². The molecule has 0 bridgehead atoms. The van der Waals surface area contributed by atoms with Crippen LogP contribution in [0.3, 0.4) is 0 Å². The molecule has 3 N–H and O–H groups in total. The lowest BCUT2D eigenvalue weighted by Gasteiger charge is -2.18. The Labute approximate surface area is 141 Å². The minimum atomic E-state index is -0.141. The van der Waals surface area contributed by atoms with Crippen LogP contribution in [-0.4, -0.2) is 36.3 Å². The molecule has 0 saturated carbocycles. The van der Waals surface area contributed by atoms with E-state index in [4.69, 9.17) is 17.3 Å². The van der Waals surface area contributed by atoms with Crippen molar-refractivity contribution in [1.29, 1.82) is 0 Å². The molecule has 122 valence electrons. The molecule has 1 fully saturated rings. The van der Waals surface area contributed by atoms with E-state index >= 15 is 0 Å². The lowest BCUT2D eigenvalue weighted by molar-refractivity contribution is -0.116. The third-order valence-electron chi connectivity index (χ3n) is 3.49. The van der Waals surface area contributed by atoms with Gasteiger partial charge in [-0.25, -0.2) is 0 Å². The average molecular weight is 346 g/mol. The van der Waals surface area contributed by atoms with E-state index in [1.165, 1.54) is 0 Å². The molecule has 0 atom stereocenters. The minimum absolute atomic E-state index is 0. The number of likely N-dealkylation sites (tertiary alicyclic amines) is 1. The summed E-state index contributed by atoms with van der Waals surface area (Å²) >= 11 is 5.99. The predicted octanol–water partition coefficient (Wildman–Crippen LogP) is 2.68. The number of nitrogens with two attached hydrogens (primary N) is 1. The summed E-state index contributed by atoms with van der Waals surface area (Å²) in [7, 11) is 0. The van der Waals surface area contributed by atoms with Crippen molar-refractivity contribution in [3.8, 4) is 0 Å². The fraction of sp³-hybridized carbons (Fsp3) is 0.467. The number of amides is 2. The summed E-state index contributed by atoms with van der Waals surface area (Å²) in [6.07, 6.45) is 3.00. The third kappa shape index (κ3) is 4.87. The Morgan fingerprint density at radius 3 is 2.59 bits per heavy atom. The van der Waals surface area contributed by atoms with E-state index in [0.29, 0.717) is 35.7 Å². The first-order valence-electron chi connectivity index (χ1n) is 7.20. The van der Waals surface area contributed by atoms with Gasteiger partial charge in [0.2, 0.25) is 5.91 Å². The number of halogens is 2. The maximum atomic E-state index is 12.5. The van der Waals surface area contributed by atoms with Crippen LogP contribution in [0, 0.1) is 0 Å². The van der Waals surface area contributed by atoms with Crippen molar-refractivity contribution in [2.24, 2.45) is 5.73 Å². The van der Waals surface area contributed by atoms with Crippen LogP contribution < -0.4 is 11.1 Å². The largest absolute Gasteiger partial charge is 0.339 e. The first-order valence-corrected chi connectivity index (χ1v) is 7.58. The first-order chi connectivity index (χ1) is 10.1. The predicted molar refractivity (Wildman–Crippen MR) is 90.8 cm³/mol. The van der Waals surface area contributed by atoms with E-state index in [-0.39, 0.29) is 24.2 Å². The maximum Gasteiger partial charge on any atom is 0.256 e. The van der Waals surface area contributed by atoms with Gasteiger partial charge in [0, 0.05) is 24.5 Å². The fourth-order valence-corrected chi connectivity index (χ4v) is 2.54. The fourth-order valence-electron chi connectivity index (χ4n) is 2.37. The number of carbonyl (C=O) groups is 2. The van der Waals surface area contributed by atoms with Crippen molar-refractivity contribution in [1.82, 2.24) is 4.90 Å². The zero-order valence-electron chi connectivity index (χ0n) is 12.3. The quantitative estimate of drug-likeness (QED) is 0.861. The molecule has 0 unspecified atom stereocenters. The third-order valence-corrected chi connectivity index (χ3v) is 3.72. The number of nitrogens with one attached hydrogen (secondary N) is 1. The molecule has 1 aliphatic rings. The molecule has 0 radical (unpaired) electrons. The average Bonchev–Trinajstić information content (AvgIpc) is 3.00. The summed E-state index contributed by atoms with van der Waals surface area (Å²) in [4.78, 5) is 26.1. The van der Waals surface area contributed by atoms with Gasteiger partial charge in [0.05, 0.1) is 11.3 Å². The zero-order chi connectivity index (χ0) is 15.2. The molecule has 1 heterocycles. The topological polar surface area (TPSA) is 75.4 Å². The van der Waals surface area contributed by atoms with Crippen LogP contribution in [0.1, 0.15) is 36.0 Å². The molecular weight excluding hydrogens is 325 g/mol. The normalized spacial score (nSPS) is 13.6. The second-order valence-corrected chi connectivity index (χ2v) is 5.57. The van der Waals surface area contributed by atoms with Crippen LogP contribution in [0.4, 0.5) is 5.69 Å². The zero-order valence-corrected chi connectivity index (χ0v) is 13.9. The van der Waals surface area contributed by atoms with Gasteiger partial charge in [-0.15, -0.1) is 12.4 Å². The Balaban J connectivity index is 0.00000242. The number of nitrogens with zero attached hydrogens (tertiary/aromatic N) is 1. The monoisotopic (exact) mass is 345 g/mol. The highest BCUT2D eigenvalue weighted by Crippen LogP contribution is 2.24. The molecule has 1 aliphatic heterocycles. The summed E-state index contributed by atoms with van der Waals surface area (Å²) < 4.78 is 0. The van der Waals surface area contributed by atoms with Gasteiger partial charge in [-0.3, -0.25) is 9.59 Å². The van der Waals surface area contributed by atoms with Crippen LogP contribution >= 0.6 is 24.0 Å². The summed E-state index contributed by atoms with van der Waals surface area (Å²) in [5.41, 5.74) is 6.35. The number of benzene rings is 1. The van der Waals surface area contributed by atoms with E-state index in [1.54, 1.807) is 23.1 Å². The van der Waals surface area contributed by atoms with Crippen molar-refractivity contribution in [2.45, 2.75) is 25.7 Å². The van der Waals surface area contributed by atoms with Crippen LogP contribution in [0.25, 0.3) is 0 Å². The minimum Gasteiger partial charge on any atom is -0.339 e. The summed E-state index contributed by atoms with van der Waals surface area (Å²) in [6.45, 7) is 1.98. The van der Waals surface area contributed by atoms with Crippen LogP contribution in [0.2, 0.25) is 5.02 Å². The lowest BCUT2D eigenvalue weighted by Crippen LogP contribution is -2.29. The first kappa shape index (κ1) is 18.7. The molecule has 0 aromatic heterocycles. The van der Waals surface area contributed by atoms with E-state index in [2.05, 4.69) is 5.32 Å². The molecule has 22 heavy (non-hydrogen) atoms. The molecule has 7 heteroatoms. The Morgan fingerprint density at radius 2 is 1.95 bits per heavy atom. The molecule has 0 aliphatic carbocycles. The van der Waals surface area contributed by atoms with Gasteiger partial charge in [-0.1, -0.05) is 11.6 Å². The van der Waals surface area contributed by atoms with Crippen molar-refractivity contribution in [3.05, 3.63) is 28.8 Å². The number of hydrogen-bond donors (Lipinski definition) is 2.